The van der Waals surface area contributed by atoms with Crippen LogP contribution >= 0.6 is 0 Å². The zero-order valence-corrected chi connectivity index (χ0v) is 17.1. The molecular formula is C23H30N2O2. The van der Waals surface area contributed by atoms with Crippen LogP contribution in [0.2, 0.25) is 0 Å². The standard InChI is InChI=1S/C23H30N2O2/c1-16-9-7-11-18(20(16)26)13-24-22(3,4)15-23(5,6)25-14-19-12-8-10-17(2)21(19)27/h7-14,26-27H,15H2,1-6H3. The molecule has 144 valence electrons. The molecule has 0 unspecified atom stereocenters. The quantitative estimate of drug-likeness (QED) is 0.690. The molecule has 0 amide bonds. The van der Waals surface area contributed by atoms with Gasteiger partial charge in [0, 0.05) is 23.6 Å². The molecule has 0 aliphatic rings. The average Bonchev–Trinajstić information content (AvgIpc) is 2.57. The van der Waals surface area contributed by atoms with Crippen LogP contribution in [0.4, 0.5) is 0 Å². The van der Waals surface area contributed by atoms with E-state index < -0.39 is 0 Å². The van der Waals surface area contributed by atoms with Gasteiger partial charge in [-0.2, -0.15) is 0 Å². The number of phenols is 2. The normalized spacial score (nSPS) is 13.0. The third kappa shape index (κ3) is 5.68. The molecule has 2 rings (SSSR count). The summed E-state index contributed by atoms with van der Waals surface area (Å²) in [6.45, 7) is 12.0. The zero-order valence-electron chi connectivity index (χ0n) is 17.1. The summed E-state index contributed by atoms with van der Waals surface area (Å²) in [5, 5.41) is 20.3. The molecule has 0 radical (unpaired) electrons. The van der Waals surface area contributed by atoms with Crippen LogP contribution in [-0.4, -0.2) is 33.7 Å². The summed E-state index contributed by atoms with van der Waals surface area (Å²) in [6.07, 6.45) is 4.18. The van der Waals surface area contributed by atoms with Crippen molar-refractivity contribution < 1.29 is 10.2 Å². The van der Waals surface area contributed by atoms with Crippen LogP contribution < -0.4 is 0 Å². The van der Waals surface area contributed by atoms with Crippen LogP contribution in [0.3, 0.4) is 0 Å². The van der Waals surface area contributed by atoms with Crippen molar-refractivity contribution in [1.29, 1.82) is 0 Å². The largest absolute Gasteiger partial charge is 0.507 e. The van der Waals surface area contributed by atoms with E-state index >= 15 is 0 Å². The fourth-order valence-corrected chi connectivity index (χ4v) is 3.21. The summed E-state index contributed by atoms with van der Waals surface area (Å²) >= 11 is 0. The monoisotopic (exact) mass is 366 g/mol. The lowest BCUT2D eigenvalue weighted by molar-refractivity contribution is 0.358. The number of aliphatic imine (C=N–C) groups is 2. The molecule has 0 spiro atoms. The van der Waals surface area contributed by atoms with Gasteiger partial charge in [-0.1, -0.05) is 24.3 Å². The molecular weight excluding hydrogens is 336 g/mol. The highest BCUT2D eigenvalue weighted by atomic mass is 16.3. The van der Waals surface area contributed by atoms with Gasteiger partial charge in [-0.25, -0.2) is 0 Å². The van der Waals surface area contributed by atoms with Gasteiger partial charge in [0.2, 0.25) is 0 Å². The maximum Gasteiger partial charge on any atom is 0.127 e. The minimum Gasteiger partial charge on any atom is -0.507 e. The fraction of sp³-hybridized carbons (Fsp3) is 0.391. The van der Waals surface area contributed by atoms with Crippen molar-refractivity contribution >= 4 is 12.4 Å². The van der Waals surface area contributed by atoms with Crippen molar-refractivity contribution in [2.24, 2.45) is 9.98 Å². The van der Waals surface area contributed by atoms with Crippen molar-refractivity contribution in [3.05, 3.63) is 58.7 Å². The molecule has 0 saturated carbocycles. The number of para-hydroxylation sites is 2. The van der Waals surface area contributed by atoms with Crippen molar-refractivity contribution in [1.82, 2.24) is 0 Å². The summed E-state index contributed by atoms with van der Waals surface area (Å²) in [5.74, 6) is 0.536. The summed E-state index contributed by atoms with van der Waals surface area (Å²) in [7, 11) is 0. The van der Waals surface area contributed by atoms with E-state index in [0.717, 1.165) is 11.1 Å². The van der Waals surface area contributed by atoms with Gasteiger partial charge in [-0.15, -0.1) is 0 Å². The minimum atomic E-state index is -0.355. The number of aryl methyl sites for hydroxylation is 2. The second-order valence-electron chi connectivity index (χ2n) is 8.34. The molecule has 4 heteroatoms. The Bertz CT molecular complexity index is 793. The smallest absolute Gasteiger partial charge is 0.127 e. The molecule has 4 nitrogen and oxygen atoms in total. The minimum absolute atomic E-state index is 0.268. The molecule has 0 fully saturated rings. The Morgan fingerprint density at radius 3 is 1.48 bits per heavy atom. The molecule has 0 aliphatic carbocycles. The van der Waals surface area contributed by atoms with Gasteiger partial charge in [0.05, 0.1) is 11.1 Å². The first-order chi connectivity index (χ1) is 12.5. The Morgan fingerprint density at radius 2 is 1.11 bits per heavy atom. The molecule has 2 N–H and O–H groups in total. The number of nitrogens with zero attached hydrogens (tertiary/aromatic N) is 2. The van der Waals surface area contributed by atoms with Crippen LogP contribution in [-0.2, 0) is 0 Å². The van der Waals surface area contributed by atoms with Crippen LogP contribution in [0.1, 0.15) is 56.4 Å². The Hall–Kier alpha value is -2.62. The highest BCUT2D eigenvalue weighted by Crippen LogP contribution is 2.28. The third-order valence-corrected chi connectivity index (χ3v) is 4.51. The van der Waals surface area contributed by atoms with Gasteiger partial charge in [0.25, 0.3) is 0 Å². The van der Waals surface area contributed by atoms with E-state index in [1.54, 1.807) is 12.4 Å². The van der Waals surface area contributed by atoms with Gasteiger partial charge in [-0.3, -0.25) is 9.98 Å². The number of rotatable bonds is 6. The van der Waals surface area contributed by atoms with E-state index in [4.69, 9.17) is 9.98 Å². The average molecular weight is 367 g/mol. The Balaban J connectivity index is 2.14. The number of aromatic hydroxyl groups is 2. The Kier molecular flexibility index (Phi) is 6.09. The van der Waals surface area contributed by atoms with Gasteiger partial charge >= 0.3 is 0 Å². The Morgan fingerprint density at radius 1 is 0.741 bits per heavy atom. The molecule has 0 atom stereocenters. The van der Waals surface area contributed by atoms with Crippen LogP contribution in [0.5, 0.6) is 11.5 Å². The molecule has 0 bridgehead atoms. The molecule has 0 heterocycles. The third-order valence-electron chi connectivity index (χ3n) is 4.51. The predicted molar refractivity (Wildman–Crippen MR) is 114 cm³/mol. The summed E-state index contributed by atoms with van der Waals surface area (Å²) in [4.78, 5) is 9.38. The maximum absolute atomic E-state index is 10.1. The fourth-order valence-electron chi connectivity index (χ4n) is 3.21. The molecule has 0 saturated heterocycles. The van der Waals surface area contributed by atoms with E-state index in [-0.39, 0.29) is 22.6 Å². The van der Waals surface area contributed by atoms with Gasteiger partial charge in [-0.05, 0) is 71.2 Å². The molecule has 2 aromatic rings. The van der Waals surface area contributed by atoms with Crippen LogP contribution in [0, 0.1) is 13.8 Å². The SMILES string of the molecule is Cc1cccc(C=NC(C)(C)CC(C)(C)N=Cc2cccc(C)c2O)c1O. The number of hydrogen-bond acceptors (Lipinski definition) is 4. The van der Waals surface area contributed by atoms with E-state index in [1.165, 1.54) is 0 Å². The Labute approximate surface area is 162 Å². The van der Waals surface area contributed by atoms with Crippen molar-refractivity contribution in [3.8, 4) is 11.5 Å². The zero-order chi connectivity index (χ0) is 20.2. The van der Waals surface area contributed by atoms with Crippen molar-refractivity contribution in [3.63, 3.8) is 0 Å². The molecule has 2 aromatic carbocycles. The highest BCUT2D eigenvalue weighted by Gasteiger charge is 2.27. The van der Waals surface area contributed by atoms with E-state index in [1.807, 2.05) is 50.2 Å². The second kappa shape index (κ2) is 7.95. The first-order valence-corrected chi connectivity index (χ1v) is 9.18. The number of hydrogen-bond donors (Lipinski definition) is 2. The van der Waals surface area contributed by atoms with Gasteiger partial charge in [0.1, 0.15) is 11.5 Å². The van der Waals surface area contributed by atoms with Gasteiger partial charge in [0.15, 0.2) is 0 Å². The molecule has 0 aliphatic heterocycles. The molecule has 0 aromatic heterocycles. The highest BCUT2D eigenvalue weighted by molar-refractivity contribution is 5.85. The molecule has 27 heavy (non-hydrogen) atoms. The first-order valence-electron chi connectivity index (χ1n) is 9.18. The summed E-state index contributed by atoms with van der Waals surface area (Å²) < 4.78 is 0. The first kappa shape index (κ1) is 20.7. The number of phenolic OH excluding ortho intramolecular Hbond substituents is 2. The topological polar surface area (TPSA) is 65.2 Å². The predicted octanol–water partition coefficient (Wildman–Crippen LogP) is 5.20. The lowest BCUT2D eigenvalue weighted by Gasteiger charge is -2.29. The summed E-state index contributed by atoms with van der Waals surface area (Å²) in [5.41, 5.74) is 2.39. The second-order valence-corrected chi connectivity index (χ2v) is 8.34. The van der Waals surface area contributed by atoms with Crippen LogP contribution in [0.15, 0.2) is 46.4 Å². The number of benzene rings is 2. The van der Waals surface area contributed by atoms with Crippen molar-refractivity contribution in [2.45, 2.75) is 59.0 Å². The lowest BCUT2D eigenvalue weighted by atomic mass is 9.88. The van der Waals surface area contributed by atoms with Crippen molar-refractivity contribution in [2.75, 3.05) is 0 Å². The summed E-state index contributed by atoms with van der Waals surface area (Å²) in [6, 6.07) is 11.3. The van der Waals surface area contributed by atoms with Crippen LogP contribution in [0.25, 0.3) is 0 Å². The van der Waals surface area contributed by atoms with E-state index in [0.29, 0.717) is 17.5 Å². The maximum atomic E-state index is 10.1. The van der Waals surface area contributed by atoms with Gasteiger partial charge < -0.3 is 10.2 Å². The van der Waals surface area contributed by atoms with E-state index in [2.05, 4.69) is 27.7 Å². The lowest BCUT2D eigenvalue weighted by Crippen LogP contribution is -2.30. The van der Waals surface area contributed by atoms with E-state index in [9.17, 15) is 10.2 Å².